The highest BCUT2D eigenvalue weighted by Gasteiger charge is 2.48. The normalized spacial score (nSPS) is 24.6. The van der Waals surface area contributed by atoms with Gasteiger partial charge in [-0.1, -0.05) is 58.8 Å². The molecule has 0 saturated heterocycles. The van der Waals surface area contributed by atoms with Crippen molar-refractivity contribution in [2.45, 2.75) is 130 Å². The summed E-state index contributed by atoms with van der Waals surface area (Å²) in [5.74, 6) is 5.19. The Morgan fingerprint density at radius 3 is 1.44 bits per heavy atom. The third-order valence-corrected chi connectivity index (χ3v) is 7.61. The second kappa shape index (κ2) is 18.4. The van der Waals surface area contributed by atoms with Crippen LogP contribution < -0.4 is 10.6 Å². The van der Waals surface area contributed by atoms with Crippen molar-refractivity contribution >= 4 is 11.8 Å². The van der Waals surface area contributed by atoms with Crippen molar-refractivity contribution in [3.63, 3.8) is 0 Å². The lowest BCUT2D eigenvalue weighted by atomic mass is 9.82. The number of carbonyl (C=O) groups is 2. The van der Waals surface area contributed by atoms with Crippen LogP contribution in [0.5, 0.6) is 0 Å². The summed E-state index contributed by atoms with van der Waals surface area (Å²) in [5, 5.41) is 5.57. The molecule has 0 radical (unpaired) electrons. The number of hydrogen-bond acceptors (Lipinski definition) is 2. The minimum atomic E-state index is 0.198. The Labute approximate surface area is 199 Å². The second-order valence-corrected chi connectivity index (χ2v) is 10.1. The first-order valence-electron chi connectivity index (χ1n) is 14.1. The molecular weight excluding hydrogens is 396 g/mol. The Morgan fingerprint density at radius 2 is 1.06 bits per heavy atom. The number of carbonyl (C=O) groups excluding carboxylic acids is 2. The Morgan fingerprint density at radius 1 is 0.625 bits per heavy atom. The molecule has 3 fully saturated rings. The fourth-order valence-electron chi connectivity index (χ4n) is 6.01. The third kappa shape index (κ3) is 11.7. The topological polar surface area (TPSA) is 58.2 Å². The van der Waals surface area contributed by atoms with E-state index in [9.17, 15) is 9.59 Å². The van der Waals surface area contributed by atoms with E-state index in [-0.39, 0.29) is 11.8 Å². The van der Waals surface area contributed by atoms with Gasteiger partial charge in [0.25, 0.3) is 0 Å². The number of rotatable bonds is 12. The average Bonchev–Trinajstić information content (AvgIpc) is 3.51. The van der Waals surface area contributed by atoms with Crippen molar-refractivity contribution in [1.82, 2.24) is 10.6 Å². The maximum Gasteiger partial charge on any atom is 0.219 e. The number of hydrogen-bond donors (Lipinski definition) is 2. The molecule has 3 saturated carbocycles. The summed E-state index contributed by atoms with van der Waals surface area (Å²) < 4.78 is 0. The Kier molecular flexibility index (Phi) is 16.6. The first kappa shape index (κ1) is 29.0. The summed E-state index contributed by atoms with van der Waals surface area (Å²) in [4.78, 5) is 21.8. The molecule has 4 unspecified atom stereocenters. The molecule has 32 heavy (non-hydrogen) atoms. The van der Waals surface area contributed by atoms with Crippen molar-refractivity contribution in [3.8, 4) is 0 Å². The zero-order chi connectivity index (χ0) is 23.6. The summed E-state index contributed by atoms with van der Waals surface area (Å²) in [6.45, 7) is 9.76. The molecule has 0 aliphatic heterocycles. The number of unbranched alkanes of at least 4 members (excludes halogenated alkanes) is 6. The largest absolute Gasteiger partial charge is 0.356 e. The fourth-order valence-corrected chi connectivity index (χ4v) is 6.01. The maximum atomic E-state index is 10.9. The molecule has 0 aromatic rings. The second-order valence-electron chi connectivity index (χ2n) is 10.1. The molecule has 0 spiro atoms. The quantitative estimate of drug-likeness (QED) is 0.314. The molecule has 0 aromatic heterocycles. The molecule has 4 heteroatoms. The van der Waals surface area contributed by atoms with Crippen molar-refractivity contribution in [2.75, 3.05) is 13.1 Å². The van der Waals surface area contributed by atoms with Crippen LogP contribution >= 0.6 is 0 Å². The molecule has 0 heterocycles. The summed E-state index contributed by atoms with van der Waals surface area (Å²) in [7, 11) is 0. The van der Waals surface area contributed by atoms with E-state index in [2.05, 4.69) is 24.5 Å². The van der Waals surface area contributed by atoms with Gasteiger partial charge in [-0.2, -0.15) is 0 Å². The molecule has 4 nitrogen and oxygen atoms in total. The Balaban J connectivity index is 0.000000240. The van der Waals surface area contributed by atoms with Crippen molar-refractivity contribution < 1.29 is 9.59 Å². The van der Waals surface area contributed by atoms with Crippen LogP contribution in [0.1, 0.15) is 130 Å². The van der Waals surface area contributed by atoms with Crippen LogP contribution in [-0.2, 0) is 9.59 Å². The van der Waals surface area contributed by atoms with Gasteiger partial charge in [-0.3, -0.25) is 9.59 Å². The molecule has 3 aliphatic carbocycles. The monoisotopic (exact) mass is 450 g/mol. The maximum absolute atomic E-state index is 10.9. The highest BCUT2D eigenvalue weighted by atomic mass is 16.2. The molecule has 3 rings (SSSR count). The van der Waals surface area contributed by atoms with Crippen LogP contribution in [-0.4, -0.2) is 24.9 Å². The van der Waals surface area contributed by atoms with E-state index < -0.39 is 0 Å². The van der Waals surface area contributed by atoms with E-state index >= 15 is 0 Å². The molecule has 0 aromatic carbocycles. The third-order valence-electron chi connectivity index (χ3n) is 7.61. The molecule has 4 atom stereocenters. The van der Waals surface area contributed by atoms with Crippen molar-refractivity contribution in [1.29, 1.82) is 0 Å². The van der Waals surface area contributed by atoms with Crippen LogP contribution in [0.2, 0.25) is 0 Å². The highest BCUT2D eigenvalue weighted by molar-refractivity contribution is 5.76. The zero-order valence-electron chi connectivity index (χ0n) is 21.9. The van der Waals surface area contributed by atoms with Crippen LogP contribution in [0.3, 0.4) is 0 Å². The van der Waals surface area contributed by atoms with Crippen LogP contribution in [0.4, 0.5) is 0 Å². The molecular formula is C28H54N2O2. The minimum Gasteiger partial charge on any atom is -0.356 e. The van der Waals surface area contributed by atoms with Gasteiger partial charge in [0.2, 0.25) is 11.8 Å². The van der Waals surface area contributed by atoms with Crippen molar-refractivity contribution in [2.24, 2.45) is 23.7 Å². The Bertz CT molecular complexity index is 452. The predicted octanol–water partition coefficient (Wildman–Crippen LogP) is 7.02. The van der Waals surface area contributed by atoms with Gasteiger partial charge in [-0.15, -0.1) is 0 Å². The number of amides is 2. The lowest BCUT2D eigenvalue weighted by Gasteiger charge is -2.23. The summed E-state index contributed by atoms with van der Waals surface area (Å²) in [6, 6.07) is 0. The van der Waals surface area contributed by atoms with E-state index in [0.29, 0.717) is 12.8 Å². The van der Waals surface area contributed by atoms with Crippen LogP contribution in [0.15, 0.2) is 0 Å². The van der Waals surface area contributed by atoms with Gasteiger partial charge in [0.05, 0.1) is 0 Å². The number of fused-ring (bicyclic) bond motifs is 5. The van der Waals surface area contributed by atoms with Crippen LogP contribution in [0, 0.1) is 23.7 Å². The Hall–Kier alpha value is -1.06. The predicted molar refractivity (Wildman–Crippen MR) is 137 cm³/mol. The van der Waals surface area contributed by atoms with Gasteiger partial charge in [-0.05, 0) is 82.5 Å². The number of nitrogens with one attached hydrogen (secondary N) is 2. The smallest absolute Gasteiger partial charge is 0.219 e. The van der Waals surface area contributed by atoms with Crippen molar-refractivity contribution in [3.05, 3.63) is 0 Å². The van der Waals surface area contributed by atoms with Gasteiger partial charge in [0.1, 0.15) is 0 Å². The molecule has 2 bridgehead atoms. The molecule has 3 aliphatic rings. The summed E-state index contributed by atoms with van der Waals surface area (Å²) >= 11 is 0. The van der Waals surface area contributed by atoms with E-state index in [4.69, 9.17) is 0 Å². The fraction of sp³-hybridized carbons (Fsp3) is 0.929. The van der Waals surface area contributed by atoms with E-state index in [0.717, 1.165) is 25.9 Å². The van der Waals surface area contributed by atoms with Gasteiger partial charge < -0.3 is 10.6 Å². The lowest BCUT2D eigenvalue weighted by molar-refractivity contribution is -0.121. The van der Waals surface area contributed by atoms with E-state index in [1.165, 1.54) is 62.2 Å². The lowest BCUT2D eigenvalue weighted by Crippen LogP contribution is -2.21. The first-order chi connectivity index (χ1) is 15.6. The summed E-state index contributed by atoms with van der Waals surface area (Å²) in [6.07, 6.45) is 20.4. The molecule has 188 valence electrons. The SMILES string of the molecule is C1CC2C3CCC(C3)C2C1.CCCCCCC(=O)NCC.CCCCCCC(=O)NCC. The first-order valence-corrected chi connectivity index (χ1v) is 14.1. The molecule has 2 N–H and O–H groups in total. The standard InChI is InChI=1S/C10H16.2C9H19NO/c1-2-9-7-4-5-8(6-7)10(9)3-1;2*1-3-5-6-7-8-9(11)10-4-2/h7-10H,1-6H2;2*3-8H2,1-2H3,(H,10,11). The van der Waals surface area contributed by atoms with Gasteiger partial charge in [0, 0.05) is 25.9 Å². The zero-order valence-corrected chi connectivity index (χ0v) is 21.9. The average molecular weight is 451 g/mol. The minimum absolute atomic E-state index is 0.198. The molecule has 2 amide bonds. The summed E-state index contributed by atoms with van der Waals surface area (Å²) in [5.41, 5.74) is 0. The van der Waals surface area contributed by atoms with Gasteiger partial charge >= 0.3 is 0 Å². The highest BCUT2D eigenvalue weighted by Crippen LogP contribution is 2.58. The van der Waals surface area contributed by atoms with Crippen LogP contribution in [0.25, 0.3) is 0 Å². The van der Waals surface area contributed by atoms with Gasteiger partial charge in [0.15, 0.2) is 0 Å². The van der Waals surface area contributed by atoms with E-state index in [1.807, 2.05) is 13.8 Å². The van der Waals surface area contributed by atoms with E-state index in [1.54, 1.807) is 38.5 Å². The van der Waals surface area contributed by atoms with Gasteiger partial charge in [-0.25, -0.2) is 0 Å².